The number of hydrogen-bond acceptors (Lipinski definition) is 3. The number of anilines is 1. The molecule has 0 spiro atoms. The molecule has 0 saturated heterocycles. The number of amides is 1. The number of nitrogens with one attached hydrogen (secondary N) is 1. The molecule has 0 atom stereocenters. The van der Waals surface area contributed by atoms with Gasteiger partial charge in [-0.2, -0.15) is 0 Å². The molecule has 0 heterocycles. The standard InChI is InChI=1S/C17H18ClNO2S/c1-12(2)21-15-7-5-14(6-8-15)19-17(20)11-22-16-9-3-13(18)4-10-16/h3-10,12H,11H2,1-2H3,(H,19,20). The summed E-state index contributed by atoms with van der Waals surface area (Å²) in [6.07, 6.45) is 0.135. The van der Waals surface area contributed by atoms with Gasteiger partial charge in [-0.25, -0.2) is 0 Å². The van der Waals surface area contributed by atoms with E-state index in [1.807, 2.05) is 62.4 Å². The van der Waals surface area contributed by atoms with Gasteiger partial charge < -0.3 is 10.1 Å². The van der Waals surface area contributed by atoms with Gasteiger partial charge in [-0.1, -0.05) is 11.6 Å². The predicted molar refractivity (Wildman–Crippen MR) is 93.0 cm³/mol. The summed E-state index contributed by atoms with van der Waals surface area (Å²) in [5.74, 6) is 1.10. The Labute approximate surface area is 140 Å². The van der Waals surface area contributed by atoms with Crippen molar-refractivity contribution >= 4 is 35.0 Å². The first kappa shape index (κ1) is 16.7. The molecule has 3 nitrogen and oxygen atoms in total. The van der Waals surface area contributed by atoms with E-state index in [-0.39, 0.29) is 12.0 Å². The molecule has 0 radical (unpaired) electrons. The van der Waals surface area contributed by atoms with Gasteiger partial charge in [0.2, 0.25) is 5.91 Å². The van der Waals surface area contributed by atoms with Gasteiger partial charge in [0.15, 0.2) is 0 Å². The third kappa shape index (κ3) is 5.62. The van der Waals surface area contributed by atoms with Crippen LogP contribution in [0.2, 0.25) is 5.02 Å². The Hall–Kier alpha value is -1.65. The fraction of sp³-hybridized carbons (Fsp3) is 0.235. The van der Waals surface area contributed by atoms with Crippen molar-refractivity contribution in [3.8, 4) is 5.75 Å². The zero-order valence-electron chi connectivity index (χ0n) is 12.5. The van der Waals surface area contributed by atoms with Crippen LogP contribution in [0.3, 0.4) is 0 Å². The van der Waals surface area contributed by atoms with Gasteiger partial charge in [0.25, 0.3) is 0 Å². The van der Waals surface area contributed by atoms with Crippen molar-refractivity contribution in [1.82, 2.24) is 0 Å². The van der Waals surface area contributed by atoms with Crippen LogP contribution < -0.4 is 10.1 Å². The van der Waals surface area contributed by atoms with E-state index in [1.54, 1.807) is 0 Å². The van der Waals surface area contributed by atoms with Crippen LogP contribution >= 0.6 is 23.4 Å². The van der Waals surface area contributed by atoms with Crippen molar-refractivity contribution in [1.29, 1.82) is 0 Å². The average Bonchev–Trinajstić information content (AvgIpc) is 2.48. The fourth-order valence-electron chi connectivity index (χ4n) is 1.77. The highest BCUT2D eigenvalue weighted by Gasteiger charge is 2.04. The van der Waals surface area contributed by atoms with Gasteiger partial charge in [0.1, 0.15) is 5.75 Å². The summed E-state index contributed by atoms with van der Waals surface area (Å²) in [7, 11) is 0. The van der Waals surface area contributed by atoms with E-state index in [0.29, 0.717) is 10.8 Å². The second-order valence-corrected chi connectivity index (χ2v) is 6.47. The molecule has 0 aromatic heterocycles. The molecular formula is C17H18ClNO2S. The van der Waals surface area contributed by atoms with Crippen LogP contribution in [0.25, 0.3) is 0 Å². The molecule has 2 aromatic carbocycles. The number of carbonyl (C=O) groups is 1. The SMILES string of the molecule is CC(C)Oc1ccc(NC(=O)CSc2ccc(Cl)cc2)cc1. The third-order valence-corrected chi connectivity index (χ3v) is 3.96. The highest BCUT2D eigenvalue weighted by atomic mass is 35.5. The van der Waals surface area contributed by atoms with Gasteiger partial charge in [-0.3, -0.25) is 4.79 Å². The van der Waals surface area contributed by atoms with Crippen molar-refractivity contribution in [3.05, 3.63) is 53.6 Å². The molecule has 0 aliphatic carbocycles. The maximum atomic E-state index is 11.9. The highest BCUT2D eigenvalue weighted by Crippen LogP contribution is 2.21. The lowest BCUT2D eigenvalue weighted by Gasteiger charge is -2.10. The molecule has 2 aromatic rings. The number of benzene rings is 2. The Morgan fingerprint density at radius 2 is 1.77 bits per heavy atom. The molecule has 1 N–H and O–H groups in total. The number of rotatable bonds is 6. The Morgan fingerprint density at radius 1 is 1.14 bits per heavy atom. The molecular weight excluding hydrogens is 318 g/mol. The molecule has 0 bridgehead atoms. The van der Waals surface area contributed by atoms with E-state index in [2.05, 4.69) is 5.32 Å². The normalized spacial score (nSPS) is 10.5. The van der Waals surface area contributed by atoms with E-state index >= 15 is 0 Å². The first-order valence-corrected chi connectivity index (χ1v) is 8.34. The predicted octanol–water partition coefficient (Wildman–Crippen LogP) is 4.86. The molecule has 0 aliphatic rings. The van der Waals surface area contributed by atoms with Gasteiger partial charge in [-0.05, 0) is 62.4 Å². The molecule has 5 heteroatoms. The Morgan fingerprint density at radius 3 is 2.36 bits per heavy atom. The Balaban J connectivity index is 1.82. The summed E-state index contributed by atoms with van der Waals surface area (Å²) in [6.45, 7) is 3.95. The minimum Gasteiger partial charge on any atom is -0.491 e. The van der Waals surface area contributed by atoms with Crippen molar-refractivity contribution in [2.24, 2.45) is 0 Å². The van der Waals surface area contributed by atoms with E-state index in [0.717, 1.165) is 16.3 Å². The molecule has 0 unspecified atom stereocenters. The summed E-state index contributed by atoms with van der Waals surface area (Å²) < 4.78 is 5.56. The average molecular weight is 336 g/mol. The lowest BCUT2D eigenvalue weighted by molar-refractivity contribution is -0.113. The molecule has 1 amide bonds. The van der Waals surface area contributed by atoms with Crippen LogP contribution in [0.1, 0.15) is 13.8 Å². The zero-order valence-corrected chi connectivity index (χ0v) is 14.1. The maximum Gasteiger partial charge on any atom is 0.234 e. The van der Waals surface area contributed by atoms with Crippen LogP contribution in [0.15, 0.2) is 53.4 Å². The summed E-state index contributed by atoms with van der Waals surface area (Å²) in [5.41, 5.74) is 0.762. The van der Waals surface area contributed by atoms with Gasteiger partial charge in [-0.15, -0.1) is 11.8 Å². The highest BCUT2D eigenvalue weighted by molar-refractivity contribution is 8.00. The first-order valence-electron chi connectivity index (χ1n) is 6.98. The van der Waals surface area contributed by atoms with E-state index in [9.17, 15) is 4.79 Å². The van der Waals surface area contributed by atoms with Gasteiger partial charge >= 0.3 is 0 Å². The van der Waals surface area contributed by atoms with Crippen LogP contribution in [0, 0.1) is 0 Å². The van der Waals surface area contributed by atoms with E-state index in [1.165, 1.54) is 11.8 Å². The molecule has 0 aliphatic heterocycles. The van der Waals surface area contributed by atoms with Gasteiger partial charge in [0.05, 0.1) is 11.9 Å². The summed E-state index contributed by atoms with van der Waals surface area (Å²) >= 11 is 7.30. The fourth-order valence-corrected chi connectivity index (χ4v) is 2.59. The number of hydrogen-bond donors (Lipinski definition) is 1. The van der Waals surface area contributed by atoms with Crippen molar-refractivity contribution in [3.63, 3.8) is 0 Å². The van der Waals surface area contributed by atoms with Crippen LogP contribution in [-0.4, -0.2) is 17.8 Å². The third-order valence-electron chi connectivity index (χ3n) is 2.69. The monoisotopic (exact) mass is 335 g/mol. The van der Waals surface area contributed by atoms with E-state index in [4.69, 9.17) is 16.3 Å². The quantitative estimate of drug-likeness (QED) is 0.766. The number of thioether (sulfide) groups is 1. The molecule has 22 heavy (non-hydrogen) atoms. The lowest BCUT2D eigenvalue weighted by Crippen LogP contribution is -2.14. The van der Waals surface area contributed by atoms with Crippen LogP contribution in [0.5, 0.6) is 5.75 Å². The molecule has 2 rings (SSSR count). The minimum absolute atomic E-state index is 0.0440. The number of halogens is 1. The lowest BCUT2D eigenvalue weighted by atomic mass is 10.3. The minimum atomic E-state index is -0.0440. The molecule has 0 saturated carbocycles. The summed E-state index contributed by atoms with van der Waals surface area (Å²) in [6, 6.07) is 14.8. The molecule has 116 valence electrons. The maximum absolute atomic E-state index is 11.9. The second kappa shape index (κ2) is 8.11. The first-order chi connectivity index (χ1) is 10.5. The van der Waals surface area contributed by atoms with Crippen molar-refractivity contribution in [2.45, 2.75) is 24.8 Å². The van der Waals surface area contributed by atoms with Crippen molar-refractivity contribution in [2.75, 3.05) is 11.1 Å². The van der Waals surface area contributed by atoms with Crippen LogP contribution in [-0.2, 0) is 4.79 Å². The summed E-state index contributed by atoms with van der Waals surface area (Å²) in [4.78, 5) is 12.9. The Kier molecular flexibility index (Phi) is 6.16. The second-order valence-electron chi connectivity index (χ2n) is 4.98. The van der Waals surface area contributed by atoms with Crippen molar-refractivity contribution < 1.29 is 9.53 Å². The van der Waals surface area contributed by atoms with E-state index < -0.39 is 0 Å². The van der Waals surface area contributed by atoms with Gasteiger partial charge in [0, 0.05) is 15.6 Å². The van der Waals surface area contributed by atoms with Crippen LogP contribution in [0.4, 0.5) is 5.69 Å². The number of ether oxygens (including phenoxy) is 1. The summed E-state index contributed by atoms with van der Waals surface area (Å²) in [5, 5.41) is 3.55. The smallest absolute Gasteiger partial charge is 0.234 e. The molecule has 0 fully saturated rings. The Bertz CT molecular complexity index is 612. The largest absolute Gasteiger partial charge is 0.491 e. The number of carbonyl (C=O) groups excluding carboxylic acids is 1. The topological polar surface area (TPSA) is 38.3 Å². The zero-order chi connectivity index (χ0) is 15.9.